The predicted octanol–water partition coefficient (Wildman–Crippen LogP) is 1.59. The molecule has 3 atom stereocenters. The lowest BCUT2D eigenvalue weighted by Crippen LogP contribution is -2.30. The number of hydrogen-bond acceptors (Lipinski definition) is 5. The summed E-state index contributed by atoms with van der Waals surface area (Å²) >= 11 is 1.58. The van der Waals surface area contributed by atoms with Gasteiger partial charge in [-0.25, -0.2) is 4.98 Å². The Balaban J connectivity index is 1.52. The highest BCUT2D eigenvalue weighted by Gasteiger charge is 2.42. The number of nitrogens with two attached hydrogens (primary N) is 1. The number of nitrogens with zero attached hydrogens (tertiary/aromatic N) is 3. The summed E-state index contributed by atoms with van der Waals surface area (Å²) in [5, 5.41) is 1.13. The fourth-order valence-corrected chi connectivity index (χ4v) is 4.09. The van der Waals surface area contributed by atoms with Crippen molar-refractivity contribution in [1.29, 1.82) is 0 Å². The zero-order valence-electron chi connectivity index (χ0n) is 9.88. The summed E-state index contributed by atoms with van der Waals surface area (Å²) in [6, 6.07) is 0.417. The van der Waals surface area contributed by atoms with E-state index in [-0.39, 0.29) is 0 Å². The Morgan fingerprint density at radius 2 is 2.06 bits per heavy atom. The maximum Gasteiger partial charge on any atom is 0.205 e. The molecular weight excluding hydrogens is 232 g/mol. The third kappa shape index (κ3) is 1.67. The zero-order chi connectivity index (χ0) is 11.4. The topological polar surface area (TPSA) is 55.0 Å². The molecule has 4 nitrogen and oxygen atoms in total. The Labute approximate surface area is 105 Å². The van der Waals surface area contributed by atoms with E-state index in [0.717, 1.165) is 30.0 Å². The molecule has 1 aromatic heterocycles. The maximum absolute atomic E-state index is 6.16. The summed E-state index contributed by atoms with van der Waals surface area (Å²) < 4.78 is 4.49. The van der Waals surface area contributed by atoms with Crippen molar-refractivity contribution in [2.75, 3.05) is 18.0 Å². The van der Waals surface area contributed by atoms with E-state index in [4.69, 9.17) is 10.7 Å². The Morgan fingerprint density at radius 3 is 2.82 bits per heavy atom. The second-order valence-electron chi connectivity index (χ2n) is 5.78. The van der Waals surface area contributed by atoms with Crippen molar-refractivity contribution >= 4 is 16.7 Å². The number of rotatable bonds is 2. The van der Waals surface area contributed by atoms with E-state index in [0.29, 0.717) is 17.9 Å². The average Bonchev–Trinajstić information content (AvgIpc) is 2.77. The van der Waals surface area contributed by atoms with Crippen LogP contribution in [0.15, 0.2) is 0 Å². The molecule has 2 N–H and O–H groups in total. The van der Waals surface area contributed by atoms with Crippen LogP contribution < -0.4 is 10.6 Å². The molecule has 4 rings (SSSR count). The van der Waals surface area contributed by atoms with E-state index in [2.05, 4.69) is 9.27 Å². The molecule has 3 fully saturated rings. The van der Waals surface area contributed by atoms with Crippen molar-refractivity contribution in [3.63, 3.8) is 0 Å². The van der Waals surface area contributed by atoms with Gasteiger partial charge in [0.15, 0.2) is 0 Å². The monoisotopic (exact) mass is 250 g/mol. The molecule has 17 heavy (non-hydrogen) atoms. The number of anilines is 1. The molecule has 1 aromatic rings. The first-order chi connectivity index (χ1) is 8.31. The molecule has 0 spiro atoms. The average molecular weight is 250 g/mol. The Bertz CT molecular complexity index is 428. The van der Waals surface area contributed by atoms with Crippen molar-refractivity contribution in [3.05, 3.63) is 5.82 Å². The quantitative estimate of drug-likeness (QED) is 0.866. The first-order valence-corrected chi connectivity index (χ1v) is 7.43. The molecular formula is C12H18N4S. The van der Waals surface area contributed by atoms with Crippen LogP contribution in [0.3, 0.4) is 0 Å². The van der Waals surface area contributed by atoms with Crippen LogP contribution >= 0.6 is 11.5 Å². The van der Waals surface area contributed by atoms with Crippen LogP contribution in [0.25, 0.3) is 0 Å². The lowest BCUT2D eigenvalue weighted by Gasteiger charge is -2.16. The van der Waals surface area contributed by atoms with Gasteiger partial charge in [0.1, 0.15) is 5.82 Å². The lowest BCUT2D eigenvalue weighted by atomic mass is 9.98. The van der Waals surface area contributed by atoms with Crippen molar-refractivity contribution in [2.24, 2.45) is 17.6 Å². The van der Waals surface area contributed by atoms with Gasteiger partial charge in [0.25, 0.3) is 0 Å². The highest BCUT2D eigenvalue weighted by atomic mass is 32.1. The molecule has 0 bridgehead atoms. The van der Waals surface area contributed by atoms with Crippen LogP contribution in [0.4, 0.5) is 5.13 Å². The van der Waals surface area contributed by atoms with Crippen molar-refractivity contribution < 1.29 is 0 Å². The molecule has 0 aromatic carbocycles. The summed E-state index contributed by atoms with van der Waals surface area (Å²) in [5.41, 5.74) is 6.16. The molecule has 1 aliphatic heterocycles. The van der Waals surface area contributed by atoms with Crippen molar-refractivity contribution in [2.45, 2.75) is 37.6 Å². The zero-order valence-corrected chi connectivity index (χ0v) is 10.7. The number of hydrogen-bond donors (Lipinski definition) is 1. The highest BCUT2D eigenvalue weighted by molar-refractivity contribution is 7.09. The summed E-state index contributed by atoms with van der Waals surface area (Å²) in [5.74, 6) is 3.26. The fraction of sp³-hybridized carbons (Fsp3) is 0.833. The van der Waals surface area contributed by atoms with Gasteiger partial charge >= 0.3 is 0 Å². The molecule has 5 heteroatoms. The fourth-order valence-electron chi connectivity index (χ4n) is 3.33. The maximum atomic E-state index is 6.16. The number of fused-ring (bicyclic) bond motifs is 1. The van der Waals surface area contributed by atoms with Crippen molar-refractivity contribution in [3.8, 4) is 0 Å². The summed E-state index contributed by atoms with van der Waals surface area (Å²) in [6.07, 6.45) is 5.09. The van der Waals surface area contributed by atoms with Gasteiger partial charge in [-0.05, 0) is 37.5 Å². The van der Waals surface area contributed by atoms with E-state index < -0.39 is 0 Å². The summed E-state index contributed by atoms with van der Waals surface area (Å²) in [7, 11) is 0. The van der Waals surface area contributed by atoms with Gasteiger partial charge in [0.05, 0.1) is 0 Å². The Morgan fingerprint density at radius 1 is 1.18 bits per heavy atom. The SMILES string of the molecule is NC1CCC2CN(c3nc(C4CC4)ns3)CC12. The minimum absolute atomic E-state index is 0.417. The first kappa shape index (κ1) is 10.3. The van der Waals surface area contributed by atoms with Gasteiger partial charge in [0.2, 0.25) is 5.13 Å². The largest absolute Gasteiger partial charge is 0.346 e. The van der Waals surface area contributed by atoms with E-state index in [1.54, 1.807) is 11.5 Å². The second-order valence-corrected chi connectivity index (χ2v) is 6.51. The smallest absolute Gasteiger partial charge is 0.205 e. The minimum atomic E-state index is 0.417. The summed E-state index contributed by atoms with van der Waals surface area (Å²) in [6.45, 7) is 2.25. The van der Waals surface area contributed by atoms with Gasteiger partial charge < -0.3 is 10.6 Å². The van der Waals surface area contributed by atoms with Crippen molar-refractivity contribution in [1.82, 2.24) is 9.36 Å². The Hall–Kier alpha value is -0.680. The third-order valence-electron chi connectivity index (χ3n) is 4.56. The molecule has 2 saturated carbocycles. The minimum Gasteiger partial charge on any atom is -0.346 e. The van der Waals surface area contributed by atoms with Crippen LogP contribution in [0.5, 0.6) is 0 Å². The van der Waals surface area contributed by atoms with E-state index in [1.165, 1.54) is 25.7 Å². The van der Waals surface area contributed by atoms with E-state index >= 15 is 0 Å². The highest BCUT2D eigenvalue weighted by Crippen LogP contribution is 2.42. The third-order valence-corrected chi connectivity index (χ3v) is 5.35. The molecule has 1 saturated heterocycles. The van der Waals surface area contributed by atoms with Crippen LogP contribution in [0.2, 0.25) is 0 Å². The lowest BCUT2D eigenvalue weighted by molar-refractivity contribution is 0.453. The van der Waals surface area contributed by atoms with Gasteiger partial charge in [-0.1, -0.05) is 0 Å². The van der Waals surface area contributed by atoms with Gasteiger partial charge in [-0.2, -0.15) is 4.37 Å². The van der Waals surface area contributed by atoms with Gasteiger partial charge in [-0.3, -0.25) is 0 Å². The van der Waals surface area contributed by atoms with Gasteiger partial charge in [0, 0.05) is 36.6 Å². The van der Waals surface area contributed by atoms with Crippen LogP contribution in [-0.4, -0.2) is 28.5 Å². The van der Waals surface area contributed by atoms with E-state index in [1.807, 2.05) is 0 Å². The van der Waals surface area contributed by atoms with Crippen LogP contribution in [0.1, 0.15) is 37.4 Å². The molecule has 3 aliphatic rings. The van der Waals surface area contributed by atoms with Gasteiger partial charge in [-0.15, -0.1) is 0 Å². The predicted molar refractivity (Wildman–Crippen MR) is 68.3 cm³/mol. The number of aromatic nitrogens is 2. The van der Waals surface area contributed by atoms with Crippen LogP contribution in [0, 0.1) is 11.8 Å². The molecule has 2 aliphatic carbocycles. The standard InChI is InChI=1S/C12H18N4S/c13-10-4-3-8-5-16(6-9(8)10)12-14-11(15-17-12)7-1-2-7/h7-10H,1-6,13H2. The molecule has 0 radical (unpaired) electrons. The molecule has 2 heterocycles. The normalized spacial score (nSPS) is 36.5. The molecule has 3 unspecified atom stereocenters. The first-order valence-electron chi connectivity index (χ1n) is 6.65. The molecule has 0 amide bonds. The second kappa shape index (κ2) is 3.65. The van der Waals surface area contributed by atoms with E-state index in [9.17, 15) is 0 Å². The summed E-state index contributed by atoms with van der Waals surface area (Å²) in [4.78, 5) is 7.11. The Kier molecular flexibility index (Phi) is 2.21. The van der Waals surface area contributed by atoms with Crippen LogP contribution in [-0.2, 0) is 0 Å². The molecule has 92 valence electrons.